The number of nitrogen functional groups attached to an aromatic ring is 1. The van der Waals surface area contributed by atoms with Crippen LogP contribution in [-0.2, 0) is 19.4 Å². The SMILES string of the molecule is CCCCCCc1ccc(C(=O)Nc2ccc3c(c2)nc(N)n3CCCc2ccccc2)cc1.Cl. The fourth-order valence-corrected chi connectivity index (χ4v) is 4.33. The molecule has 4 rings (SSSR count). The summed E-state index contributed by atoms with van der Waals surface area (Å²) in [5.74, 6) is 0.383. The topological polar surface area (TPSA) is 72.9 Å². The largest absolute Gasteiger partial charge is 0.369 e. The van der Waals surface area contributed by atoms with E-state index in [9.17, 15) is 4.79 Å². The molecule has 184 valence electrons. The zero-order valence-electron chi connectivity index (χ0n) is 20.4. The Balaban J connectivity index is 0.00000342. The summed E-state index contributed by atoms with van der Waals surface area (Å²) in [5.41, 5.74) is 11.9. The van der Waals surface area contributed by atoms with E-state index in [-0.39, 0.29) is 18.3 Å². The van der Waals surface area contributed by atoms with Crippen molar-refractivity contribution in [2.24, 2.45) is 0 Å². The van der Waals surface area contributed by atoms with E-state index in [1.165, 1.54) is 36.8 Å². The van der Waals surface area contributed by atoms with Gasteiger partial charge in [-0.15, -0.1) is 12.4 Å². The number of aromatic nitrogens is 2. The maximum Gasteiger partial charge on any atom is 0.255 e. The third kappa shape index (κ3) is 7.09. The number of nitrogens with zero attached hydrogens (tertiary/aromatic N) is 2. The summed E-state index contributed by atoms with van der Waals surface area (Å²) < 4.78 is 2.04. The van der Waals surface area contributed by atoms with Crippen LogP contribution in [0.15, 0.2) is 72.8 Å². The number of halogens is 1. The number of hydrogen-bond acceptors (Lipinski definition) is 3. The Morgan fingerprint density at radius 1 is 0.886 bits per heavy atom. The van der Waals surface area contributed by atoms with Crippen LogP contribution in [0.25, 0.3) is 11.0 Å². The number of nitrogens with one attached hydrogen (secondary N) is 1. The lowest BCUT2D eigenvalue weighted by molar-refractivity contribution is 0.102. The highest BCUT2D eigenvalue weighted by Crippen LogP contribution is 2.23. The summed E-state index contributed by atoms with van der Waals surface area (Å²) >= 11 is 0. The van der Waals surface area contributed by atoms with Crippen molar-refractivity contribution in [1.29, 1.82) is 0 Å². The molecule has 0 aliphatic carbocycles. The number of rotatable bonds is 11. The van der Waals surface area contributed by atoms with Crippen molar-refractivity contribution in [2.45, 2.75) is 58.4 Å². The average Bonchev–Trinajstić information content (AvgIpc) is 3.17. The predicted molar refractivity (Wildman–Crippen MR) is 148 cm³/mol. The van der Waals surface area contributed by atoms with Crippen LogP contribution in [0.4, 0.5) is 11.6 Å². The van der Waals surface area contributed by atoms with Gasteiger partial charge in [0.15, 0.2) is 0 Å². The summed E-state index contributed by atoms with van der Waals surface area (Å²) in [6.45, 7) is 3.02. The van der Waals surface area contributed by atoms with Gasteiger partial charge in [-0.05, 0) is 67.1 Å². The first-order chi connectivity index (χ1) is 16.6. The van der Waals surface area contributed by atoms with Crippen LogP contribution in [0, 0.1) is 0 Å². The first-order valence-corrected chi connectivity index (χ1v) is 12.3. The molecule has 0 saturated carbocycles. The maximum absolute atomic E-state index is 12.7. The molecule has 0 saturated heterocycles. The summed E-state index contributed by atoms with van der Waals surface area (Å²) in [7, 11) is 0. The first-order valence-electron chi connectivity index (χ1n) is 12.3. The maximum atomic E-state index is 12.7. The molecule has 1 amide bonds. The lowest BCUT2D eigenvalue weighted by Gasteiger charge is -2.08. The van der Waals surface area contributed by atoms with Crippen molar-refractivity contribution < 1.29 is 4.79 Å². The lowest BCUT2D eigenvalue weighted by Crippen LogP contribution is -2.11. The van der Waals surface area contributed by atoms with Gasteiger partial charge in [-0.2, -0.15) is 0 Å². The zero-order valence-corrected chi connectivity index (χ0v) is 21.2. The molecule has 0 bridgehead atoms. The van der Waals surface area contributed by atoms with Crippen LogP contribution < -0.4 is 11.1 Å². The van der Waals surface area contributed by atoms with Gasteiger partial charge in [0, 0.05) is 17.8 Å². The smallest absolute Gasteiger partial charge is 0.255 e. The van der Waals surface area contributed by atoms with Crippen LogP contribution in [-0.4, -0.2) is 15.5 Å². The molecule has 5 nitrogen and oxygen atoms in total. The summed E-state index contributed by atoms with van der Waals surface area (Å²) in [6, 6.07) is 24.2. The van der Waals surface area contributed by atoms with Gasteiger partial charge in [0.1, 0.15) is 0 Å². The summed E-state index contributed by atoms with van der Waals surface area (Å²) in [4.78, 5) is 17.3. The Kier molecular flexibility index (Phi) is 9.74. The molecule has 0 atom stereocenters. The molecule has 0 unspecified atom stereocenters. The number of aryl methyl sites for hydroxylation is 3. The standard InChI is InChI=1S/C29H34N4O.ClH/c1-2-3-4-6-12-23-14-16-24(17-15-23)28(34)31-25-18-19-27-26(21-25)32-29(30)33(27)20-9-13-22-10-7-5-8-11-22;/h5,7-8,10-11,14-19,21H,2-4,6,9,12-13,20H2,1H3,(H2,30,32)(H,31,34);1H. The van der Waals surface area contributed by atoms with Crippen LogP contribution >= 0.6 is 12.4 Å². The van der Waals surface area contributed by atoms with Gasteiger partial charge in [0.25, 0.3) is 5.91 Å². The van der Waals surface area contributed by atoms with Gasteiger partial charge >= 0.3 is 0 Å². The van der Waals surface area contributed by atoms with E-state index >= 15 is 0 Å². The molecule has 0 fully saturated rings. The number of fused-ring (bicyclic) bond motifs is 1. The van der Waals surface area contributed by atoms with Crippen molar-refractivity contribution in [1.82, 2.24) is 9.55 Å². The molecule has 6 heteroatoms. The molecule has 4 aromatic rings. The number of imidazole rings is 1. The minimum atomic E-state index is -0.118. The van der Waals surface area contributed by atoms with Gasteiger partial charge in [0.05, 0.1) is 11.0 Å². The number of benzene rings is 3. The molecule has 0 radical (unpaired) electrons. The second-order valence-corrected chi connectivity index (χ2v) is 8.88. The van der Waals surface area contributed by atoms with E-state index in [1.807, 2.05) is 41.0 Å². The van der Waals surface area contributed by atoms with E-state index < -0.39 is 0 Å². The van der Waals surface area contributed by atoms with Crippen molar-refractivity contribution in [2.75, 3.05) is 11.1 Å². The number of anilines is 2. The normalized spacial score (nSPS) is 10.8. The van der Waals surface area contributed by atoms with Crippen LogP contribution in [0.3, 0.4) is 0 Å². The molecule has 1 aromatic heterocycles. The van der Waals surface area contributed by atoms with Gasteiger partial charge in [-0.25, -0.2) is 4.98 Å². The molecule has 3 N–H and O–H groups in total. The monoisotopic (exact) mass is 490 g/mol. The molecule has 0 aliphatic rings. The Bertz CT molecular complexity index is 1220. The highest BCUT2D eigenvalue weighted by molar-refractivity contribution is 6.05. The lowest BCUT2D eigenvalue weighted by atomic mass is 10.0. The third-order valence-electron chi connectivity index (χ3n) is 6.26. The minimum Gasteiger partial charge on any atom is -0.369 e. The van der Waals surface area contributed by atoms with Crippen LogP contribution in [0.2, 0.25) is 0 Å². The molecule has 0 aliphatic heterocycles. The summed E-state index contributed by atoms with van der Waals surface area (Å²) in [6.07, 6.45) is 8.01. The molecule has 3 aromatic carbocycles. The second kappa shape index (κ2) is 13.0. The third-order valence-corrected chi connectivity index (χ3v) is 6.26. The fraction of sp³-hybridized carbons (Fsp3) is 0.310. The molecular weight excluding hydrogens is 456 g/mol. The molecule has 1 heterocycles. The number of hydrogen-bond donors (Lipinski definition) is 2. The Morgan fingerprint density at radius 2 is 1.60 bits per heavy atom. The van der Waals surface area contributed by atoms with Gasteiger partial charge in [-0.1, -0.05) is 68.7 Å². The fourth-order valence-electron chi connectivity index (χ4n) is 4.33. The van der Waals surface area contributed by atoms with Gasteiger partial charge in [0.2, 0.25) is 5.95 Å². The average molecular weight is 491 g/mol. The van der Waals surface area contributed by atoms with E-state index in [4.69, 9.17) is 5.73 Å². The Labute approximate surface area is 214 Å². The molecule has 35 heavy (non-hydrogen) atoms. The van der Waals surface area contributed by atoms with Crippen molar-refractivity contribution in [3.05, 3.63) is 89.5 Å². The molecule has 0 spiro atoms. The van der Waals surface area contributed by atoms with E-state index in [0.29, 0.717) is 11.5 Å². The number of nitrogens with two attached hydrogens (primary N) is 1. The number of amides is 1. The Hall–Kier alpha value is -3.31. The van der Waals surface area contributed by atoms with Crippen molar-refractivity contribution in [3.8, 4) is 0 Å². The predicted octanol–water partition coefficient (Wildman–Crippen LogP) is 7.05. The first kappa shape index (κ1) is 26.3. The highest BCUT2D eigenvalue weighted by Gasteiger charge is 2.11. The van der Waals surface area contributed by atoms with E-state index in [2.05, 4.69) is 53.6 Å². The zero-order chi connectivity index (χ0) is 23.8. The number of carbonyl (C=O) groups excluding carboxylic acids is 1. The van der Waals surface area contributed by atoms with Crippen LogP contribution in [0.5, 0.6) is 0 Å². The van der Waals surface area contributed by atoms with Crippen molar-refractivity contribution in [3.63, 3.8) is 0 Å². The number of carbonyl (C=O) groups is 1. The van der Waals surface area contributed by atoms with E-state index in [1.54, 1.807) is 0 Å². The highest BCUT2D eigenvalue weighted by atomic mass is 35.5. The van der Waals surface area contributed by atoms with E-state index in [0.717, 1.165) is 42.5 Å². The number of unbranched alkanes of at least 4 members (excludes halogenated alkanes) is 3. The van der Waals surface area contributed by atoms with Gasteiger partial charge in [-0.3, -0.25) is 4.79 Å². The Morgan fingerprint density at radius 3 is 2.34 bits per heavy atom. The summed E-state index contributed by atoms with van der Waals surface area (Å²) in [5, 5.41) is 2.99. The second-order valence-electron chi connectivity index (χ2n) is 8.88. The van der Waals surface area contributed by atoms with Crippen molar-refractivity contribution >= 4 is 41.0 Å². The van der Waals surface area contributed by atoms with Gasteiger partial charge < -0.3 is 15.6 Å². The quantitative estimate of drug-likeness (QED) is 0.221. The van der Waals surface area contributed by atoms with Crippen LogP contribution in [0.1, 0.15) is 60.5 Å². The minimum absolute atomic E-state index is 0. The molecular formula is C29H35ClN4O.